The van der Waals surface area contributed by atoms with Crippen LogP contribution in [0.5, 0.6) is 0 Å². The maximum Gasteiger partial charge on any atom is 0.264 e. The van der Waals surface area contributed by atoms with E-state index in [1.54, 1.807) is 28.8 Å². The van der Waals surface area contributed by atoms with Gasteiger partial charge in [-0.2, -0.15) is 5.10 Å². The van der Waals surface area contributed by atoms with E-state index in [2.05, 4.69) is 10.1 Å². The summed E-state index contributed by atoms with van der Waals surface area (Å²) >= 11 is 0. The van der Waals surface area contributed by atoms with E-state index < -0.39 is 0 Å². The van der Waals surface area contributed by atoms with Crippen molar-refractivity contribution in [1.29, 1.82) is 0 Å². The fourth-order valence-corrected chi connectivity index (χ4v) is 1.29. The number of hydrogen-bond acceptors (Lipinski definition) is 3. The SMILES string of the molecule is CCn1cnc2c(cnn2C)c1=O. The van der Waals surface area contributed by atoms with Crippen LogP contribution in [0.1, 0.15) is 6.92 Å². The molecule has 0 atom stereocenters. The van der Waals surface area contributed by atoms with Gasteiger partial charge in [0.2, 0.25) is 0 Å². The van der Waals surface area contributed by atoms with Crippen LogP contribution in [0.3, 0.4) is 0 Å². The number of aromatic nitrogens is 4. The van der Waals surface area contributed by atoms with Gasteiger partial charge in [-0.05, 0) is 6.92 Å². The maximum atomic E-state index is 11.6. The first kappa shape index (κ1) is 7.97. The van der Waals surface area contributed by atoms with Crippen molar-refractivity contribution in [1.82, 2.24) is 19.3 Å². The maximum absolute atomic E-state index is 11.6. The second kappa shape index (κ2) is 2.69. The molecule has 5 nitrogen and oxygen atoms in total. The quantitative estimate of drug-likeness (QED) is 0.624. The van der Waals surface area contributed by atoms with Crippen LogP contribution in [0.4, 0.5) is 0 Å². The van der Waals surface area contributed by atoms with E-state index in [4.69, 9.17) is 0 Å². The zero-order valence-corrected chi connectivity index (χ0v) is 7.56. The predicted octanol–water partition coefficient (Wildman–Crippen LogP) is 0.150. The summed E-state index contributed by atoms with van der Waals surface area (Å²) < 4.78 is 3.15. The smallest absolute Gasteiger partial charge is 0.264 e. The molecule has 0 aliphatic rings. The van der Waals surface area contributed by atoms with Crippen molar-refractivity contribution in [2.75, 3.05) is 0 Å². The number of fused-ring (bicyclic) bond motifs is 1. The third-order valence-electron chi connectivity index (χ3n) is 2.06. The largest absolute Gasteiger partial charge is 0.299 e. The van der Waals surface area contributed by atoms with Crippen LogP contribution in [0.15, 0.2) is 17.3 Å². The van der Waals surface area contributed by atoms with Crippen LogP contribution < -0.4 is 5.56 Å². The molecule has 0 fully saturated rings. The van der Waals surface area contributed by atoms with E-state index in [1.807, 2.05) is 6.92 Å². The lowest BCUT2D eigenvalue weighted by Gasteiger charge is -1.99. The minimum absolute atomic E-state index is 0.0272. The molecular formula is C8H10N4O. The van der Waals surface area contributed by atoms with Crippen LogP contribution in [0.2, 0.25) is 0 Å². The molecule has 2 aromatic heterocycles. The van der Waals surface area contributed by atoms with Crippen molar-refractivity contribution in [3.63, 3.8) is 0 Å². The second-order valence-corrected chi connectivity index (χ2v) is 2.84. The van der Waals surface area contributed by atoms with Gasteiger partial charge in [-0.25, -0.2) is 4.98 Å². The highest BCUT2D eigenvalue weighted by Crippen LogP contribution is 2.02. The van der Waals surface area contributed by atoms with Gasteiger partial charge in [-0.1, -0.05) is 0 Å². The normalized spacial score (nSPS) is 10.9. The summed E-state index contributed by atoms with van der Waals surface area (Å²) in [4.78, 5) is 15.8. The molecule has 0 N–H and O–H groups in total. The Morgan fingerprint density at radius 1 is 1.54 bits per heavy atom. The minimum atomic E-state index is -0.0272. The molecule has 0 radical (unpaired) electrons. The van der Waals surface area contributed by atoms with E-state index in [0.29, 0.717) is 17.6 Å². The van der Waals surface area contributed by atoms with Gasteiger partial charge in [0.15, 0.2) is 5.65 Å². The number of hydrogen-bond donors (Lipinski definition) is 0. The average molecular weight is 178 g/mol. The van der Waals surface area contributed by atoms with Gasteiger partial charge in [-0.3, -0.25) is 14.0 Å². The average Bonchev–Trinajstić information content (AvgIpc) is 2.50. The third-order valence-corrected chi connectivity index (χ3v) is 2.06. The first-order chi connectivity index (χ1) is 6.24. The van der Waals surface area contributed by atoms with Gasteiger partial charge in [0.25, 0.3) is 5.56 Å². The molecule has 2 aromatic rings. The van der Waals surface area contributed by atoms with Gasteiger partial charge in [0, 0.05) is 13.6 Å². The molecule has 13 heavy (non-hydrogen) atoms. The topological polar surface area (TPSA) is 52.7 Å². The number of rotatable bonds is 1. The predicted molar refractivity (Wildman–Crippen MR) is 48.4 cm³/mol. The fraction of sp³-hybridized carbons (Fsp3) is 0.375. The van der Waals surface area contributed by atoms with Gasteiger partial charge < -0.3 is 0 Å². The molecule has 2 heterocycles. The molecule has 0 aromatic carbocycles. The van der Waals surface area contributed by atoms with E-state index >= 15 is 0 Å². The van der Waals surface area contributed by atoms with Crippen LogP contribution in [-0.2, 0) is 13.6 Å². The molecule has 0 unspecified atom stereocenters. The van der Waals surface area contributed by atoms with Gasteiger partial charge in [-0.15, -0.1) is 0 Å². The van der Waals surface area contributed by atoms with E-state index in [-0.39, 0.29) is 5.56 Å². The fourth-order valence-electron chi connectivity index (χ4n) is 1.29. The zero-order valence-electron chi connectivity index (χ0n) is 7.56. The molecular weight excluding hydrogens is 168 g/mol. The van der Waals surface area contributed by atoms with Crippen LogP contribution in [0, 0.1) is 0 Å². The molecule has 0 saturated heterocycles. The Balaban J connectivity index is 2.88. The minimum Gasteiger partial charge on any atom is -0.299 e. The Morgan fingerprint density at radius 3 is 3.00 bits per heavy atom. The van der Waals surface area contributed by atoms with Crippen LogP contribution in [0.25, 0.3) is 11.0 Å². The van der Waals surface area contributed by atoms with Crippen LogP contribution >= 0.6 is 0 Å². The third kappa shape index (κ3) is 1.04. The van der Waals surface area contributed by atoms with Crippen LogP contribution in [-0.4, -0.2) is 19.3 Å². The lowest BCUT2D eigenvalue weighted by atomic mass is 10.4. The lowest BCUT2D eigenvalue weighted by Crippen LogP contribution is -2.19. The monoisotopic (exact) mass is 178 g/mol. The zero-order chi connectivity index (χ0) is 9.42. The van der Waals surface area contributed by atoms with Gasteiger partial charge >= 0.3 is 0 Å². The summed E-state index contributed by atoms with van der Waals surface area (Å²) in [6.45, 7) is 2.54. The molecule has 5 heteroatoms. The van der Waals surface area contributed by atoms with E-state index in [1.165, 1.54) is 0 Å². The molecule has 0 bridgehead atoms. The van der Waals surface area contributed by atoms with Crippen molar-refractivity contribution >= 4 is 11.0 Å². The summed E-state index contributed by atoms with van der Waals surface area (Å²) in [7, 11) is 1.77. The van der Waals surface area contributed by atoms with Crippen molar-refractivity contribution < 1.29 is 0 Å². The highest BCUT2D eigenvalue weighted by molar-refractivity contribution is 5.72. The van der Waals surface area contributed by atoms with Gasteiger partial charge in [0.1, 0.15) is 5.39 Å². The van der Waals surface area contributed by atoms with E-state index in [0.717, 1.165) is 0 Å². The summed E-state index contributed by atoms with van der Waals surface area (Å²) in [5.74, 6) is 0. The van der Waals surface area contributed by atoms with Crippen molar-refractivity contribution in [3.8, 4) is 0 Å². The standard InChI is InChI=1S/C8H10N4O/c1-3-12-5-9-7-6(8(12)13)4-10-11(7)2/h4-5H,3H2,1-2H3. The van der Waals surface area contributed by atoms with Crippen molar-refractivity contribution in [2.24, 2.45) is 7.05 Å². The Hall–Kier alpha value is -1.65. The van der Waals surface area contributed by atoms with Gasteiger partial charge in [0.05, 0.1) is 12.5 Å². The Labute approximate surface area is 74.6 Å². The molecule has 0 aliphatic carbocycles. The summed E-state index contributed by atoms with van der Waals surface area (Å²) in [6.07, 6.45) is 3.10. The first-order valence-corrected chi connectivity index (χ1v) is 4.11. The Bertz CT molecular complexity index is 496. The summed E-state index contributed by atoms with van der Waals surface area (Å²) in [5.41, 5.74) is 0.607. The summed E-state index contributed by atoms with van der Waals surface area (Å²) in [6, 6.07) is 0. The molecule has 68 valence electrons. The van der Waals surface area contributed by atoms with Crippen molar-refractivity contribution in [2.45, 2.75) is 13.5 Å². The lowest BCUT2D eigenvalue weighted by molar-refractivity contribution is 0.711. The molecule has 0 aliphatic heterocycles. The molecule has 0 spiro atoms. The summed E-state index contributed by atoms with van der Waals surface area (Å²) in [5, 5.41) is 4.55. The molecule has 0 amide bonds. The Morgan fingerprint density at radius 2 is 2.31 bits per heavy atom. The number of aryl methyl sites for hydroxylation is 2. The number of nitrogens with zero attached hydrogens (tertiary/aromatic N) is 4. The molecule has 0 saturated carbocycles. The highest BCUT2D eigenvalue weighted by Gasteiger charge is 2.05. The van der Waals surface area contributed by atoms with E-state index in [9.17, 15) is 4.79 Å². The first-order valence-electron chi connectivity index (χ1n) is 4.11. The second-order valence-electron chi connectivity index (χ2n) is 2.84. The van der Waals surface area contributed by atoms with Crippen molar-refractivity contribution in [3.05, 3.63) is 22.9 Å². The molecule has 2 rings (SSSR count). The Kier molecular flexibility index (Phi) is 1.65. The highest BCUT2D eigenvalue weighted by atomic mass is 16.1.